The average molecular weight is 474 g/mol. The summed E-state index contributed by atoms with van der Waals surface area (Å²) >= 11 is 2.58. The molecule has 2 fully saturated rings. The van der Waals surface area contributed by atoms with Gasteiger partial charge in [0, 0.05) is 28.8 Å². The van der Waals surface area contributed by atoms with Crippen LogP contribution in [0.1, 0.15) is 45.4 Å². The van der Waals surface area contributed by atoms with Gasteiger partial charge in [-0.3, -0.25) is 14.9 Å². The van der Waals surface area contributed by atoms with E-state index in [1.165, 1.54) is 22.7 Å². The highest BCUT2D eigenvalue weighted by Gasteiger charge is 2.52. The minimum Gasteiger partial charge on any atom is -0.331 e. The Labute approximate surface area is 185 Å². The molecule has 168 valence electrons. The number of aromatic nitrogens is 2. The van der Waals surface area contributed by atoms with Crippen molar-refractivity contribution in [1.82, 2.24) is 20.4 Å². The third-order valence-electron chi connectivity index (χ3n) is 5.57. The Bertz CT molecular complexity index is 954. The minimum absolute atomic E-state index is 0.0637. The van der Waals surface area contributed by atoms with E-state index < -0.39 is 18.1 Å². The number of hydrogen-bond donors (Lipinski definition) is 2. The molecule has 0 bridgehead atoms. The number of alkyl halides is 3. The first-order valence-corrected chi connectivity index (χ1v) is 11.7. The monoisotopic (exact) mass is 473 g/mol. The third kappa shape index (κ3) is 5.24. The maximum Gasteiger partial charge on any atom is 0.471 e. The molecular formula is C19H22F3N5O2S2. The van der Waals surface area contributed by atoms with Gasteiger partial charge in [-0.2, -0.15) is 13.2 Å². The molecular weight excluding hydrogens is 451 g/mol. The fourth-order valence-electron chi connectivity index (χ4n) is 3.89. The summed E-state index contributed by atoms with van der Waals surface area (Å²) < 4.78 is 39.7. The zero-order valence-electron chi connectivity index (χ0n) is 16.7. The van der Waals surface area contributed by atoms with Crippen molar-refractivity contribution < 1.29 is 22.8 Å². The molecule has 31 heavy (non-hydrogen) atoms. The lowest BCUT2D eigenvalue weighted by molar-refractivity contribution is -0.186. The largest absolute Gasteiger partial charge is 0.471 e. The highest BCUT2D eigenvalue weighted by molar-refractivity contribution is 7.15. The topological polar surface area (TPSA) is 87.2 Å². The summed E-state index contributed by atoms with van der Waals surface area (Å²) in [7, 11) is 0. The van der Waals surface area contributed by atoms with Crippen molar-refractivity contribution in [3.63, 3.8) is 0 Å². The quantitative estimate of drug-likeness (QED) is 0.672. The van der Waals surface area contributed by atoms with Crippen LogP contribution in [-0.4, -0.2) is 58.8 Å². The number of carbonyl (C=O) groups is 2. The number of carbonyl (C=O) groups excluding carboxylic acids is 2. The van der Waals surface area contributed by atoms with Crippen molar-refractivity contribution >= 4 is 39.6 Å². The predicted molar refractivity (Wildman–Crippen MR) is 111 cm³/mol. The van der Waals surface area contributed by atoms with Gasteiger partial charge in [-0.05, 0) is 51.3 Å². The predicted octanol–water partition coefficient (Wildman–Crippen LogP) is 3.41. The van der Waals surface area contributed by atoms with Crippen LogP contribution in [0.15, 0.2) is 11.4 Å². The molecule has 1 aliphatic heterocycles. The highest BCUT2D eigenvalue weighted by Crippen LogP contribution is 2.48. The first-order chi connectivity index (χ1) is 14.7. The van der Waals surface area contributed by atoms with Gasteiger partial charge in [-0.1, -0.05) is 11.3 Å². The van der Waals surface area contributed by atoms with Gasteiger partial charge >= 0.3 is 12.1 Å². The molecule has 1 saturated carbocycles. The number of nitrogens with one attached hydrogen (secondary N) is 2. The summed E-state index contributed by atoms with van der Waals surface area (Å²) in [5, 5.41) is 16.4. The van der Waals surface area contributed by atoms with Gasteiger partial charge in [0.2, 0.25) is 5.13 Å². The summed E-state index contributed by atoms with van der Waals surface area (Å²) in [5.74, 6) is -2.22. The first kappa shape index (κ1) is 22.2. The second-order valence-corrected chi connectivity index (χ2v) is 10.0. The summed E-state index contributed by atoms with van der Waals surface area (Å²) in [5.41, 5.74) is 0.422. The van der Waals surface area contributed by atoms with Crippen LogP contribution in [0.25, 0.3) is 0 Å². The van der Waals surface area contributed by atoms with Crippen molar-refractivity contribution in [2.45, 2.75) is 44.3 Å². The summed E-state index contributed by atoms with van der Waals surface area (Å²) in [6.45, 7) is 3.41. The van der Waals surface area contributed by atoms with E-state index in [-0.39, 0.29) is 24.3 Å². The molecule has 2 amide bonds. The zero-order chi connectivity index (χ0) is 22.2. The molecule has 1 saturated heterocycles. The molecule has 2 aromatic rings. The molecule has 2 aliphatic rings. The molecule has 2 atom stereocenters. The summed E-state index contributed by atoms with van der Waals surface area (Å²) in [6, 6.07) is 1.21. The van der Waals surface area contributed by atoms with Crippen LogP contribution in [0, 0.1) is 12.8 Å². The average Bonchev–Trinajstić information content (AvgIpc) is 3.15. The SMILES string of the molecule is Cc1nnc(NC(=O)c2csc([C@@H]3C[C@H]3N(CC3CCNCC3)C(=O)C(F)(F)F)c2)s1. The van der Waals surface area contributed by atoms with Crippen molar-refractivity contribution in [3.8, 4) is 0 Å². The number of rotatable bonds is 6. The van der Waals surface area contributed by atoms with Crippen LogP contribution in [0.4, 0.5) is 18.3 Å². The molecule has 3 heterocycles. The van der Waals surface area contributed by atoms with E-state index in [9.17, 15) is 22.8 Å². The lowest BCUT2D eigenvalue weighted by Crippen LogP contribution is -2.46. The second-order valence-electron chi connectivity index (χ2n) is 7.88. The summed E-state index contributed by atoms with van der Waals surface area (Å²) in [4.78, 5) is 26.4. The Hall–Kier alpha value is -2.05. The number of anilines is 1. The molecule has 12 heteroatoms. The Kier molecular flexibility index (Phi) is 6.31. The van der Waals surface area contributed by atoms with Crippen molar-refractivity contribution in [2.24, 2.45) is 5.92 Å². The summed E-state index contributed by atoms with van der Waals surface area (Å²) in [6.07, 6.45) is -2.90. The fraction of sp³-hybridized carbons (Fsp3) is 0.579. The van der Waals surface area contributed by atoms with Crippen LogP contribution in [-0.2, 0) is 4.79 Å². The van der Waals surface area contributed by atoms with Crippen molar-refractivity contribution in [3.05, 3.63) is 26.9 Å². The molecule has 4 rings (SSSR count). The van der Waals surface area contributed by atoms with Crippen LogP contribution >= 0.6 is 22.7 Å². The molecule has 1 aliphatic carbocycles. The Morgan fingerprint density at radius 2 is 2.03 bits per heavy atom. The number of thiophene rings is 1. The highest BCUT2D eigenvalue weighted by atomic mass is 32.1. The fourth-order valence-corrected chi connectivity index (χ4v) is 5.54. The van der Waals surface area contributed by atoms with Gasteiger partial charge in [-0.25, -0.2) is 0 Å². The van der Waals surface area contributed by atoms with Crippen LogP contribution in [0.3, 0.4) is 0 Å². The lowest BCUT2D eigenvalue weighted by Gasteiger charge is -2.31. The van der Waals surface area contributed by atoms with Gasteiger partial charge in [0.05, 0.1) is 5.56 Å². The standard InChI is InChI=1S/C19H22F3N5O2S2/c1-10-25-26-18(31-10)24-16(28)12-6-15(30-9-12)13-7-14(13)27(17(29)19(20,21)22)8-11-2-4-23-5-3-11/h6,9,11,13-14,23H,2-5,7-8H2,1H3,(H,24,26,28)/t13-,14-/m1/s1. The van der Waals surface area contributed by atoms with Crippen molar-refractivity contribution in [2.75, 3.05) is 25.0 Å². The molecule has 0 spiro atoms. The smallest absolute Gasteiger partial charge is 0.331 e. The molecule has 2 N–H and O–H groups in total. The zero-order valence-corrected chi connectivity index (χ0v) is 18.4. The number of nitrogens with zero attached hydrogens (tertiary/aromatic N) is 3. The maximum atomic E-state index is 13.2. The van der Waals surface area contributed by atoms with E-state index in [0.29, 0.717) is 17.1 Å². The molecule has 0 radical (unpaired) electrons. The third-order valence-corrected chi connectivity index (χ3v) is 7.39. The normalized spacial score (nSPS) is 21.7. The lowest BCUT2D eigenvalue weighted by atomic mass is 9.97. The number of amides is 2. The van der Waals surface area contributed by atoms with E-state index in [4.69, 9.17) is 0 Å². The number of hydrogen-bond acceptors (Lipinski definition) is 7. The van der Waals surface area contributed by atoms with E-state index in [1.807, 2.05) is 0 Å². The van der Waals surface area contributed by atoms with E-state index >= 15 is 0 Å². The van der Waals surface area contributed by atoms with E-state index in [2.05, 4.69) is 20.8 Å². The molecule has 0 aromatic carbocycles. The molecule has 2 aromatic heterocycles. The molecule has 7 nitrogen and oxygen atoms in total. The number of aryl methyl sites for hydroxylation is 1. The first-order valence-electron chi connectivity index (χ1n) is 10.0. The number of piperidine rings is 1. The second kappa shape index (κ2) is 8.83. The van der Waals surface area contributed by atoms with Gasteiger partial charge < -0.3 is 10.2 Å². The maximum absolute atomic E-state index is 13.2. The van der Waals surface area contributed by atoms with E-state index in [0.717, 1.165) is 40.7 Å². The van der Waals surface area contributed by atoms with Gasteiger partial charge in [-0.15, -0.1) is 21.5 Å². The number of halogens is 3. The van der Waals surface area contributed by atoms with Crippen molar-refractivity contribution in [1.29, 1.82) is 0 Å². The van der Waals surface area contributed by atoms with Crippen LogP contribution < -0.4 is 10.6 Å². The minimum atomic E-state index is -4.89. The van der Waals surface area contributed by atoms with E-state index in [1.54, 1.807) is 18.4 Å². The Morgan fingerprint density at radius 1 is 1.29 bits per heavy atom. The van der Waals surface area contributed by atoms with Crippen LogP contribution in [0.2, 0.25) is 0 Å². The van der Waals surface area contributed by atoms with Gasteiger partial charge in [0.25, 0.3) is 5.91 Å². The Balaban J connectivity index is 1.43. The van der Waals surface area contributed by atoms with Gasteiger partial charge in [0.15, 0.2) is 0 Å². The molecule has 0 unspecified atom stereocenters. The van der Waals surface area contributed by atoms with Crippen LogP contribution in [0.5, 0.6) is 0 Å². The van der Waals surface area contributed by atoms with Gasteiger partial charge in [0.1, 0.15) is 5.01 Å². The Morgan fingerprint density at radius 3 is 2.68 bits per heavy atom.